The number of nitro benzene ring substituents is 1. The van der Waals surface area contributed by atoms with Crippen molar-refractivity contribution in [1.82, 2.24) is 0 Å². The molecule has 0 bridgehead atoms. The van der Waals surface area contributed by atoms with Crippen LogP contribution < -0.4 is 0 Å². The van der Waals surface area contributed by atoms with E-state index in [0.29, 0.717) is 5.56 Å². The van der Waals surface area contributed by atoms with Gasteiger partial charge in [0.25, 0.3) is 5.69 Å². The predicted octanol–water partition coefficient (Wildman–Crippen LogP) is 1.48. The Hall–Kier alpha value is -2.09. The van der Waals surface area contributed by atoms with Crippen molar-refractivity contribution in [2.75, 3.05) is 0 Å². The molecule has 0 amide bonds. The minimum atomic E-state index is -0.601. The molecule has 0 spiro atoms. The number of nitrogens with zero attached hydrogens (tertiary/aromatic N) is 2. The van der Waals surface area contributed by atoms with Crippen molar-refractivity contribution < 1.29 is 10.0 Å². The lowest BCUT2D eigenvalue weighted by molar-refractivity contribution is -0.385. The number of benzene rings is 1. The van der Waals surface area contributed by atoms with Crippen molar-refractivity contribution in [3.8, 4) is 11.8 Å². The summed E-state index contributed by atoms with van der Waals surface area (Å²) >= 11 is 0. The van der Waals surface area contributed by atoms with Crippen molar-refractivity contribution in [2.45, 2.75) is 6.92 Å². The molecule has 5 heteroatoms. The van der Waals surface area contributed by atoms with Crippen molar-refractivity contribution in [2.24, 2.45) is 0 Å². The molecule has 1 rings (SSSR count). The zero-order valence-corrected chi connectivity index (χ0v) is 6.81. The first-order valence-electron chi connectivity index (χ1n) is 3.44. The molecule has 0 saturated carbocycles. The zero-order chi connectivity index (χ0) is 10.0. The van der Waals surface area contributed by atoms with Gasteiger partial charge in [0.1, 0.15) is 11.8 Å². The summed E-state index contributed by atoms with van der Waals surface area (Å²) in [5, 5.41) is 28.0. The lowest BCUT2D eigenvalue weighted by Crippen LogP contribution is -1.92. The fourth-order valence-corrected chi connectivity index (χ4v) is 0.972. The fourth-order valence-electron chi connectivity index (χ4n) is 0.972. The van der Waals surface area contributed by atoms with E-state index in [1.165, 1.54) is 13.0 Å². The predicted molar refractivity (Wildman–Crippen MR) is 44.2 cm³/mol. The fraction of sp³-hybridized carbons (Fsp3) is 0.125. The lowest BCUT2D eigenvalue weighted by Gasteiger charge is -1.99. The van der Waals surface area contributed by atoms with Crippen LogP contribution in [0.15, 0.2) is 12.1 Å². The molecule has 1 N–H and O–H groups in total. The average Bonchev–Trinajstić information content (AvgIpc) is 2.07. The summed E-state index contributed by atoms with van der Waals surface area (Å²) in [6, 6.07) is 3.99. The third kappa shape index (κ3) is 1.56. The number of nitriles is 1. The number of aromatic hydroxyl groups is 1. The Labute approximate surface area is 74.0 Å². The molecule has 0 aliphatic rings. The van der Waals surface area contributed by atoms with Crippen LogP contribution in [0.5, 0.6) is 5.75 Å². The van der Waals surface area contributed by atoms with Crippen LogP contribution in [-0.4, -0.2) is 10.0 Å². The van der Waals surface area contributed by atoms with Crippen LogP contribution in [0.4, 0.5) is 5.69 Å². The number of phenolic OH excluding ortho intramolecular Hbond substituents is 1. The zero-order valence-electron chi connectivity index (χ0n) is 6.81. The number of aryl methyl sites for hydroxylation is 1. The van der Waals surface area contributed by atoms with E-state index in [4.69, 9.17) is 10.4 Å². The molecule has 0 fully saturated rings. The van der Waals surface area contributed by atoms with E-state index in [2.05, 4.69) is 0 Å². The van der Waals surface area contributed by atoms with Gasteiger partial charge in [-0.3, -0.25) is 10.1 Å². The molecule has 0 aliphatic carbocycles. The molecule has 0 aromatic heterocycles. The molecule has 0 heterocycles. The number of rotatable bonds is 1. The van der Waals surface area contributed by atoms with E-state index in [0.717, 1.165) is 6.07 Å². The molecule has 13 heavy (non-hydrogen) atoms. The quantitative estimate of drug-likeness (QED) is 0.521. The van der Waals surface area contributed by atoms with Crippen molar-refractivity contribution in [1.29, 1.82) is 5.26 Å². The summed E-state index contributed by atoms with van der Waals surface area (Å²) in [6.45, 7) is 1.51. The van der Waals surface area contributed by atoms with E-state index < -0.39 is 4.92 Å². The van der Waals surface area contributed by atoms with Crippen LogP contribution in [0.25, 0.3) is 0 Å². The summed E-state index contributed by atoms with van der Waals surface area (Å²) in [5.74, 6) is -0.361. The van der Waals surface area contributed by atoms with E-state index in [-0.39, 0.29) is 17.0 Å². The smallest absolute Gasteiger partial charge is 0.276 e. The molecule has 5 nitrogen and oxygen atoms in total. The highest BCUT2D eigenvalue weighted by Crippen LogP contribution is 2.26. The van der Waals surface area contributed by atoms with Gasteiger partial charge in [-0.15, -0.1) is 0 Å². The van der Waals surface area contributed by atoms with Gasteiger partial charge < -0.3 is 5.11 Å². The molecular formula is C8H6N2O3. The maximum Gasteiger partial charge on any atom is 0.276 e. The van der Waals surface area contributed by atoms with E-state index in [9.17, 15) is 10.1 Å². The molecular weight excluding hydrogens is 172 g/mol. The summed E-state index contributed by atoms with van der Waals surface area (Å²) in [6.07, 6.45) is 0. The van der Waals surface area contributed by atoms with Gasteiger partial charge >= 0.3 is 0 Å². The lowest BCUT2D eigenvalue weighted by atomic mass is 10.1. The van der Waals surface area contributed by atoms with Gasteiger partial charge in [0.2, 0.25) is 0 Å². The van der Waals surface area contributed by atoms with Crippen LogP contribution >= 0.6 is 0 Å². The minimum Gasteiger partial charge on any atom is -0.506 e. The molecule has 0 radical (unpaired) electrons. The van der Waals surface area contributed by atoms with Gasteiger partial charge in [-0.25, -0.2) is 0 Å². The topological polar surface area (TPSA) is 87.2 Å². The number of nitro groups is 1. The Kier molecular flexibility index (Phi) is 2.15. The van der Waals surface area contributed by atoms with Crippen LogP contribution in [-0.2, 0) is 0 Å². The third-order valence-corrected chi connectivity index (χ3v) is 1.63. The van der Waals surface area contributed by atoms with E-state index >= 15 is 0 Å². The maximum atomic E-state index is 10.4. The molecule has 0 aliphatic heterocycles. The van der Waals surface area contributed by atoms with Gasteiger partial charge in [0.05, 0.1) is 16.6 Å². The summed E-state index contributed by atoms with van der Waals surface area (Å²) < 4.78 is 0. The van der Waals surface area contributed by atoms with Crippen LogP contribution in [0.2, 0.25) is 0 Å². The Morgan fingerprint density at radius 3 is 2.69 bits per heavy atom. The summed E-state index contributed by atoms with van der Waals surface area (Å²) in [7, 11) is 0. The Morgan fingerprint density at radius 1 is 1.62 bits per heavy atom. The van der Waals surface area contributed by atoms with Crippen molar-refractivity contribution >= 4 is 5.69 Å². The second-order valence-electron chi connectivity index (χ2n) is 2.52. The molecule has 0 unspecified atom stereocenters. The van der Waals surface area contributed by atoms with Gasteiger partial charge in [-0.1, -0.05) is 0 Å². The minimum absolute atomic E-state index is 0.0445. The van der Waals surface area contributed by atoms with Gasteiger partial charge in [0.15, 0.2) is 0 Å². The number of phenols is 1. The SMILES string of the molecule is Cc1cc(C#N)c(O)cc1[N+](=O)[O-]. The second kappa shape index (κ2) is 3.11. The largest absolute Gasteiger partial charge is 0.506 e. The molecule has 1 aromatic rings. The van der Waals surface area contributed by atoms with Crippen LogP contribution in [0, 0.1) is 28.4 Å². The normalized spacial score (nSPS) is 9.23. The first-order valence-corrected chi connectivity index (χ1v) is 3.44. The van der Waals surface area contributed by atoms with Gasteiger partial charge in [0, 0.05) is 5.56 Å². The van der Waals surface area contributed by atoms with E-state index in [1.807, 2.05) is 0 Å². The van der Waals surface area contributed by atoms with Crippen LogP contribution in [0.3, 0.4) is 0 Å². The third-order valence-electron chi connectivity index (χ3n) is 1.63. The molecule has 0 atom stereocenters. The summed E-state index contributed by atoms with van der Waals surface area (Å²) in [4.78, 5) is 9.78. The van der Waals surface area contributed by atoms with E-state index in [1.54, 1.807) is 6.07 Å². The highest BCUT2D eigenvalue weighted by molar-refractivity contribution is 5.53. The van der Waals surface area contributed by atoms with Gasteiger partial charge in [-0.2, -0.15) is 5.26 Å². The van der Waals surface area contributed by atoms with Crippen molar-refractivity contribution in [3.63, 3.8) is 0 Å². The standard InChI is InChI=1S/C8H6N2O3/c1-5-2-6(4-9)8(11)3-7(5)10(12)13/h2-3,11H,1H3. The average molecular weight is 178 g/mol. The molecule has 1 aromatic carbocycles. The van der Waals surface area contributed by atoms with Crippen molar-refractivity contribution in [3.05, 3.63) is 33.4 Å². The highest BCUT2D eigenvalue weighted by atomic mass is 16.6. The van der Waals surface area contributed by atoms with Crippen LogP contribution in [0.1, 0.15) is 11.1 Å². The Balaban J connectivity index is 3.39. The number of hydrogen-bond donors (Lipinski definition) is 1. The second-order valence-corrected chi connectivity index (χ2v) is 2.52. The Morgan fingerprint density at radius 2 is 2.23 bits per heavy atom. The highest BCUT2D eigenvalue weighted by Gasteiger charge is 2.14. The monoisotopic (exact) mass is 178 g/mol. The first-order chi connectivity index (χ1) is 6.06. The molecule has 66 valence electrons. The Bertz CT molecular complexity index is 407. The van der Waals surface area contributed by atoms with Gasteiger partial charge in [-0.05, 0) is 13.0 Å². The number of hydrogen-bond acceptors (Lipinski definition) is 4. The first kappa shape index (κ1) is 9.00. The summed E-state index contributed by atoms with van der Waals surface area (Å²) in [5.41, 5.74) is 0.221. The molecule has 0 saturated heterocycles. The maximum absolute atomic E-state index is 10.4.